The monoisotopic (exact) mass is 510 g/mol. The van der Waals surface area contributed by atoms with Crippen LogP contribution in [0.3, 0.4) is 0 Å². The van der Waals surface area contributed by atoms with Crippen molar-refractivity contribution in [2.75, 3.05) is 0 Å². The summed E-state index contributed by atoms with van der Waals surface area (Å²) in [5.74, 6) is -0.287. The number of thiazole rings is 1. The first-order valence-corrected chi connectivity index (χ1v) is 12.5. The highest BCUT2D eigenvalue weighted by molar-refractivity contribution is 7.13. The molecule has 4 rings (SSSR count). The second-order valence-corrected chi connectivity index (χ2v) is 10.5. The summed E-state index contributed by atoms with van der Waals surface area (Å²) in [4.78, 5) is 4.83. The third kappa shape index (κ3) is 6.23. The lowest BCUT2D eigenvalue weighted by molar-refractivity contribution is 0.149. The molecule has 0 unspecified atom stereocenters. The number of aromatic nitrogens is 3. The normalized spacial score (nSPS) is 11.8. The van der Waals surface area contributed by atoms with Gasteiger partial charge in [0.1, 0.15) is 10.8 Å². The van der Waals surface area contributed by atoms with Crippen LogP contribution in [0, 0.1) is 5.82 Å². The molecule has 0 radical (unpaired) electrons. The number of nitrogens with zero attached hydrogens (tertiary/aromatic N) is 3. The summed E-state index contributed by atoms with van der Waals surface area (Å²) >= 11 is 1.52. The summed E-state index contributed by atoms with van der Waals surface area (Å²) in [6.07, 6.45) is -0.262. The lowest BCUT2D eigenvalue weighted by Crippen LogP contribution is -2.24. The largest absolute Gasteiger partial charge is 0.384 e. The van der Waals surface area contributed by atoms with Crippen LogP contribution in [-0.2, 0) is 24.9 Å². The van der Waals surface area contributed by atoms with Crippen LogP contribution >= 0.6 is 11.3 Å². The fourth-order valence-corrected chi connectivity index (χ4v) is 4.79. The molecule has 4 aromatic rings. The van der Waals surface area contributed by atoms with Crippen molar-refractivity contribution in [1.82, 2.24) is 20.1 Å². The molecule has 4 nitrogen and oxygen atoms in total. The zero-order valence-corrected chi connectivity index (χ0v) is 21.4. The van der Waals surface area contributed by atoms with Crippen LogP contribution in [-0.4, -0.2) is 21.2 Å². The summed E-state index contributed by atoms with van der Waals surface area (Å²) in [6.45, 7) is 10.8. The van der Waals surface area contributed by atoms with Gasteiger partial charge in [-0.2, -0.15) is 5.10 Å². The van der Waals surface area contributed by atoms with Gasteiger partial charge in [0.25, 0.3) is 0 Å². The van der Waals surface area contributed by atoms with E-state index >= 15 is 0 Å². The predicted octanol–water partition coefficient (Wildman–Crippen LogP) is 7.22. The van der Waals surface area contributed by atoms with Crippen LogP contribution in [0.15, 0.2) is 72.4 Å². The second kappa shape index (κ2) is 10.7. The molecule has 0 aliphatic rings. The van der Waals surface area contributed by atoms with E-state index in [2.05, 4.69) is 37.8 Å². The van der Waals surface area contributed by atoms with E-state index in [9.17, 15) is 13.2 Å². The zero-order chi connectivity index (χ0) is 25.9. The first-order valence-electron chi connectivity index (χ1n) is 11.7. The molecule has 1 N–H and O–H groups in total. The number of halogens is 3. The topological polar surface area (TPSA) is 42.7 Å². The van der Waals surface area contributed by atoms with Crippen molar-refractivity contribution in [2.24, 2.45) is 0 Å². The van der Waals surface area contributed by atoms with E-state index < -0.39 is 6.43 Å². The number of hydrogen-bond acceptors (Lipinski definition) is 4. The van der Waals surface area contributed by atoms with Crippen LogP contribution < -0.4 is 5.32 Å². The van der Waals surface area contributed by atoms with E-state index in [1.807, 2.05) is 22.3 Å². The SMILES string of the molecule is C=C(Cc1csc(-c2cnn(C(C)(C)C)c2-c2ccc(F)cc2)n1)NCc1cccc(CC(F)F)c1. The van der Waals surface area contributed by atoms with Gasteiger partial charge in [0.05, 0.1) is 28.7 Å². The Balaban J connectivity index is 1.49. The van der Waals surface area contributed by atoms with E-state index in [-0.39, 0.29) is 17.8 Å². The molecule has 2 aromatic heterocycles. The van der Waals surface area contributed by atoms with E-state index in [1.54, 1.807) is 30.3 Å². The Morgan fingerprint density at radius 2 is 1.83 bits per heavy atom. The summed E-state index contributed by atoms with van der Waals surface area (Å²) in [5.41, 5.74) is 5.58. The minimum atomic E-state index is -2.36. The Kier molecular flexibility index (Phi) is 7.64. The van der Waals surface area contributed by atoms with Crippen molar-refractivity contribution in [3.05, 3.63) is 95.0 Å². The van der Waals surface area contributed by atoms with Crippen molar-refractivity contribution < 1.29 is 13.2 Å². The molecule has 0 bridgehead atoms. The molecule has 36 heavy (non-hydrogen) atoms. The molecule has 2 aromatic carbocycles. The molecular weight excluding hydrogens is 481 g/mol. The highest BCUT2D eigenvalue weighted by Gasteiger charge is 2.24. The van der Waals surface area contributed by atoms with E-state index in [0.29, 0.717) is 18.5 Å². The Bertz CT molecular complexity index is 1330. The smallest absolute Gasteiger partial charge is 0.242 e. The number of alkyl halides is 2. The van der Waals surface area contributed by atoms with Gasteiger partial charge in [0.2, 0.25) is 6.43 Å². The third-order valence-electron chi connectivity index (χ3n) is 5.62. The standard InChI is InChI=1S/C28H29F3N4S/c1-18(32-15-20-7-5-6-19(13-20)14-25(30)31)12-23-17-36-27(34-23)24-16-33-35(28(2,3)4)26(24)21-8-10-22(29)11-9-21/h5-11,13,16-17,25,32H,1,12,14-15H2,2-4H3. The summed E-state index contributed by atoms with van der Waals surface area (Å²) in [5, 5.41) is 10.7. The maximum absolute atomic E-state index is 13.6. The van der Waals surface area contributed by atoms with Gasteiger partial charge in [-0.05, 0) is 56.2 Å². The molecule has 0 atom stereocenters. The van der Waals surface area contributed by atoms with Gasteiger partial charge >= 0.3 is 0 Å². The molecule has 0 fully saturated rings. The molecule has 2 heterocycles. The summed E-state index contributed by atoms with van der Waals surface area (Å²) in [6, 6.07) is 13.6. The number of benzene rings is 2. The van der Waals surface area contributed by atoms with Crippen molar-refractivity contribution in [3.8, 4) is 21.8 Å². The predicted molar refractivity (Wildman–Crippen MR) is 140 cm³/mol. The molecule has 0 aliphatic carbocycles. The molecule has 0 spiro atoms. The maximum Gasteiger partial charge on any atom is 0.242 e. The fourth-order valence-electron chi connectivity index (χ4n) is 3.96. The van der Waals surface area contributed by atoms with Gasteiger partial charge in [-0.15, -0.1) is 11.3 Å². The van der Waals surface area contributed by atoms with E-state index in [1.165, 1.54) is 23.5 Å². The van der Waals surface area contributed by atoms with E-state index in [4.69, 9.17) is 4.98 Å². The van der Waals surface area contributed by atoms with Crippen molar-refractivity contribution in [1.29, 1.82) is 0 Å². The van der Waals surface area contributed by atoms with Crippen molar-refractivity contribution in [3.63, 3.8) is 0 Å². The van der Waals surface area contributed by atoms with Gasteiger partial charge in [-0.3, -0.25) is 4.68 Å². The number of allylic oxidation sites excluding steroid dienone is 1. The molecule has 188 valence electrons. The second-order valence-electron chi connectivity index (χ2n) is 9.69. The van der Waals surface area contributed by atoms with Crippen LogP contribution in [0.25, 0.3) is 21.8 Å². The van der Waals surface area contributed by atoms with E-state index in [0.717, 1.165) is 38.8 Å². The minimum Gasteiger partial charge on any atom is -0.384 e. The highest BCUT2D eigenvalue weighted by Crippen LogP contribution is 2.37. The lowest BCUT2D eigenvalue weighted by Gasteiger charge is -2.23. The molecule has 0 aliphatic heterocycles. The van der Waals surface area contributed by atoms with Crippen molar-refractivity contribution >= 4 is 11.3 Å². The average Bonchev–Trinajstić information content (AvgIpc) is 3.45. The summed E-state index contributed by atoms with van der Waals surface area (Å²) < 4.78 is 40.9. The van der Waals surface area contributed by atoms with Gasteiger partial charge < -0.3 is 5.32 Å². The van der Waals surface area contributed by atoms with Crippen molar-refractivity contribution in [2.45, 2.75) is 52.1 Å². The minimum absolute atomic E-state index is 0.248. The Morgan fingerprint density at radius 1 is 1.11 bits per heavy atom. The lowest BCUT2D eigenvalue weighted by atomic mass is 10.0. The number of nitrogens with one attached hydrogen (secondary N) is 1. The van der Waals surface area contributed by atoms with Crippen LogP contribution in [0.5, 0.6) is 0 Å². The van der Waals surface area contributed by atoms with Gasteiger partial charge in [0.15, 0.2) is 0 Å². The Hall–Kier alpha value is -3.39. The Labute approximate surface area is 213 Å². The van der Waals surface area contributed by atoms with Gasteiger partial charge in [-0.25, -0.2) is 18.2 Å². The first kappa shape index (κ1) is 25.7. The Morgan fingerprint density at radius 3 is 2.53 bits per heavy atom. The van der Waals surface area contributed by atoms with Crippen LogP contribution in [0.1, 0.15) is 37.6 Å². The first-order chi connectivity index (χ1) is 17.1. The molecule has 0 saturated carbocycles. The number of hydrogen-bond donors (Lipinski definition) is 1. The van der Waals surface area contributed by atoms with Gasteiger partial charge in [-0.1, -0.05) is 30.8 Å². The summed E-state index contributed by atoms with van der Waals surface area (Å²) in [7, 11) is 0. The molecule has 0 amide bonds. The molecule has 0 saturated heterocycles. The average molecular weight is 511 g/mol. The van der Waals surface area contributed by atoms with Crippen LogP contribution in [0.4, 0.5) is 13.2 Å². The fraction of sp³-hybridized carbons (Fsp3) is 0.286. The highest BCUT2D eigenvalue weighted by atomic mass is 32.1. The molecular formula is C28H29F3N4S. The third-order valence-corrected chi connectivity index (χ3v) is 6.55. The molecule has 8 heteroatoms. The van der Waals surface area contributed by atoms with Crippen LogP contribution in [0.2, 0.25) is 0 Å². The zero-order valence-electron chi connectivity index (χ0n) is 20.6. The van der Waals surface area contributed by atoms with Gasteiger partial charge in [0, 0.05) is 36.0 Å². The maximum atomic E-state index is 13.6. The quantitative estimate of drug-likeness (QED) is 0.258. The number of rotatable bonds is 9.